The van der Waals surface area contributed by atoms with Crippen LogP contribution in [0.1, 0.15) is 11.6 Å². The molecule has 21 heavy (non-hydrogen) atoms. The van der Waals surface area contributed by atoms with Crippen LogP contribution in [0.25, 0.3) is 0 Å². The molecule has 0 aliphatic rings. The second-order valence-corrected chi connectivity index (χ2v) is 7.61. The van der Waals surface area contributed by atoms with E-state index in [-0.39, 0.29) is 16.9 Å². The molecule has 0 aliphatic carbocycles. The number of thioether (sulfide) groups is 1. The molecule has 0 fully saturated rings. The Hall–Kier alpha value is -0.0700. The first kappa shape index (κ1) is 17.3. The Kier molecular flexibility index (Phi) is 6.56. The lowest BCUT2D eigenvalue weighted by atomic mass is 10.1. The van der Waals surface area contributed by atoms with Gasteiger partial charge in [0.25, 0.3) is 0 Å². The molecule has 0 aromatic heterocycles. The third-order valence-electron chi connectivity index (χ3n) is 3.02. The Morgan fingerprint density at radius 2 is 1.86 bits per heavy atom. The summed E-state index contributed by atoms with van der Waals surface area (Å²) in [7, 11) is 1.82. The van der Waals surface area contributed by atoms with Crippen molar-refractivity contribution in [3.63, 3.8) is 0 Å². The van der Waals surface area contributed by atoms with Gasteiger partial charge < -0.3 is 5.32 Å². The molecule has 0 saturated heterocycles. The largest absolute Gasteiger partial charge is 0.312 e. The van der Waals surface area contributed by atoms with E-state index < -0.39 is 0 Å². The lowest BCUT2D eigenvalue weighted by Gasteiger charge is -2.18. The normalized spacial score (nSPS) is 12.4. The van der Waals surface area contributed by atoms with Crippen molar-refractivity contribution in [3.8, 4) is 0 Å². The summed E-state index contributed by atoms with van der Waals surface area (Å²) in [5, 5.41) is 3.27. The summed E-state index contributed by atoms with van der Waals surface area (Å²) in [6, 6.07) is 11.5. The van der Waals surface area contributed by atoms with Crippen LogP contribution in [0.15, 0.2) is 50.2 Å². The summed E-state index contributed by atoms with van der Waals surface area (Å²) in [5.74, 6) is 0.342. The second kappa shape index (κ2) is 7.97. The minimum absolute atomic E-state index is 0.107. The summed E-state index contributed by atoms with van der Waals surface area (Å²) in [6.07, 6.45) is 0. The van der Waals surface area contributed by atoms with Gasteiger partial charge in [-0.05, 0) is 53.3 Å². The van der Waals surface area contributed by atoms with Gasteiger partial charge in [-0.3, -0.25) is 0 Å². The monoisotopic (exact) mass is 451 g/mol. The molecule has 0 amide bonds. The number of hydrogen-bond acceptors (Lipinski definition) is 2. The Balaban J connectivity index is 2.13. The van der Waals surface area contributed by atoms with E-state index in [1.807, 2.05) is 31.3 Å². The summed E-state index contributed by atoms with van der Waals surface area (Å²) in [5.41, 5.74) is 0.579. The van der Waals surface area contributed by atoms with E-state index in [0.717, 1.165) is 9.37 Å². The van der Waals surface area contributed by atoms with Crippen LogP contribution in [0, 0.1) is 5.82 Å². The fourth-order valence-electron chi connectivity index (χ4n) is 1.85. The highest BCUT2D eigenvalue weighted by molar-refractivity contribution is 9.10. The first-order valence-corrected chi connectivity index (χ1v) is 9.17. The van der Waals surface area contributed by atoms with Gasteiger partial charge in [0, 0.05) is 31.2 Å². The molecule has 1 atom stereocenters. The van der Waals surface area contributed by atoms with E-state index in [1.54, 1.807) is 23.9 Å². The van der Waals surface area contributed by atoms with E-state index in [0.29, 0.717) is 15.8 Å². The van der Waals surface area contributed by atoms with E-state index in [9.17, 15) is 4.39 Å². The quantitative estimate of drug-likeness (QED) is 0.436. The molecule has 2 aromatic rings. The van der Waals surface area contributed by atoms with Crippen molar-refractivity contribution in [3.05, 3.63) is 61.7 Å². The van der Waals surface area contributed by atoms with Gasteiger partial charge in [-0.15, -0.1) is 11.8 Å². The summed E-state index contributed by atoms with van der Waals surface area (Å²) >= 11 is 14.3. The van der Waals surface area contributed by atoms with Gasteiger partial charge in [0.05, 0.1) is 5.02 Å². The maximum Gasteiger partial charge on any atom is 0.147 e. The number of hydrogen-bond donors (Lipinski definition) is 1. The topological polar surface area (TPSA) is 12.0 Å². The molecule has 2 aromatic carbocycles. The lowest BCUT2D eigenvalue weighted by Crippen LogP contribution is -2.20. The van der Waals surface area contributed by atoms with Gasteiger partial charge in [0.15, 0.2) is 0 Å². The Bertz CT molecular complexity index is 622. The SMILES string of the molecule is CNC(CSc1ccc(Br)cc1)c1ccc(Br)c(Cl)c1F. The fraction of sp³-hybridized carbons (Fsp3) is 0.200. The third-order valence-corrected chi connectivity index (χ3v) is 5.91. The van der Waals surface area contributed by atoms with Crippen molar-refractivity contribution in [1.82, 2.24) is 5.32 Å². The predicted octanol–water partition coefficient (Wildman–Crippen LogP) is 6.06. The summed E-state index contributed by atoms with van der Waals surface area (Å²) in [6.45, 7) is 0. The molecule has 6 heteroatoms. The molecule has 1 unspecified atom stereocenters. The minimum atomic E-state index is -0.373. The number of halogens is 4. The molecule has 0 bridgehead atoms. The molecular weight excluding hydrogens is 440 g/mol. The maximum absolute atomic E-state index is 14.3. The molecule has 0 heterocycles. The Labute approximate surface area is 149 Å². The highest BCUT2D eigenvalue weighted by atomic mass is 79.9. The van der Waals surface area contributed by atoms with Crippen LogP contribution in [0.3, 0.4) is 0 Å². The van der Waals surface area contributed by atoms with E-state index in [2.05, 4.69) is 37.2 Å². The number of nitrogens with one attached hydrogen (secondary N) is 1. The van der Waals surface area contributed by atoms with Crippen molar-refractivity contribution in [2.75, 3.05) is 12.8 Å². The number of rotatable bonds is 5. The van der Waals surface area contributed by atoms with Gasteiger partial charge in [-0.1, -0.05) is 33.6 Å². The summed E-state index contributed by atoms with van der Waals surface area (Å²) < 4.78 is 15.9. The Morgan fingerprint density at radius 1 is 1.19 bits per heavy atom. The molecule has 0 aliphatic heterocycles. The van der Waals surface area contributed by atoms with Crippen LogP contribution in [0.2, 0.25) is 5.02 Å². The van der Waals surface area contributed by atoms with Gasteiger partial charge in [0.2, 0.25) is 0 Å². The van der Waals surface area contributed by atoms with Crippen LogP contribution >= 0.6 is 55.2 Å². The van der Waals surface area contributed by atoms with Crippen molar-refractivity contribution >= 4 is 55.2 Å². The average Bonchev–Trinajstić information content (AvgIpc) is 2.49. The van der Waals surface area contributed by atoms with Crippen LogP contribution in [0.5, 0.6) is 0 Å². The standard InChI is InChI=1S/C15H13Br2ClFNS/c1-20-13(8-21-10-4-2-9(16)3-5-10)11-6-7-12(17)14(18)15(11)19/h2-7,13,20H,8H2,1H3. The van der Waals surface area contributed by atoms with Crippen LogP contribution < -0.4 is 5.32 Å². The fourth-order valence-corrected chi connectivity index (χ4v) is 3.63. The first-order valence-electron chi connectivity index (χ1n) is 6.22. The van der Waals surface area contributed by atoms with Crippen molar-refractivity contribution < 1.29 is 4.39 Å². The smallest absolute Gasteiger partial charge is 0.147 e. The first-order chi connectivity index (χ1) is 10.0. The van der Waals surface area contributed by atoms with Crippen molar-refractivity contribution in [1.29, 1.82) is 0 Å². The summed E-state index contributed by atoms with van der Waals surface area (Å²) in [4.78, 5) is 1.14. The highest BCUT2D eigenvalue weighted by Crippen LogP contribution is 2.32. The number of benzene rings is 2. The van der Waals surface area contributed by atoms with Gasteiger partial charge in [-0.25, -0.2) is 4.39 Å². The third kappa shape index (κ3) is 4.45. The molecule has 1 nitrogen and oxygen atoms in total. The van der Waals surface area contributed by atoms with Crippen LogP contribution in [-0.2, 0) is 0 Å². The molecule has 112 valence electrons. The lowest BCUT2D eigenvalue weighted by molar-refractivity contribution is 0.565. The molecule has 0 saturated carbocycles. The van der Waals surface area contributed by atoms with Crippen LogP contribution in [-0.4, -0.2) is 12.8 Å². The highest BCUT2D eigenvalue weighted by Gasteiger charge is 2.18. The molecule has 2 rings (SSSR count). The van der Waals surface area contributed by atoms with E-state index in [4.69, 9.17) is 11.6 Å². The average molecular weight is 454 g/mol. The van der Waals surface area contributed by atoms with Crippen molar-refractivity contribution in [2.45, 2.75) is 10.9 Å². The zero-order valence-corrected chi connectivity index (χ0v) is 15.9. The van der Waals surface area contributed by atoms with E-state index in [1.165, 1.54) is 0 Å². The second-order valence-electron chi connectivity index (χ2n) is 4.37. The van der Waals surface area contributed by atoms with Crippen LogP contribution in [0.4, 0.5) is 4.39 Å². The van der Waals surface area contributed by atoms with Gasteiger partial charge in [0.1, 0.15) is 5.82 Å². The van der Waals surface area contributed by atoms with Crippen molar-refractivity contribution in [2.24, 2.45) is 0 Å². The molecule has 1 N–H and O–H groups in total. The molecule has 0 radical (unpaired) electrons. The molecular formula is C15H13Br2ClFNS. The van der Waals surface area contributed by atoms with E-state index >= 15 is 0 Å². The maximum atomic E-state index is 14.3. The molecule has 0 spiro atoms. The zero-order valence-electron chi connectivity index (χ0n) is 11.2. The minimum Gasteiger partial charge on any atom is -0.312 e. The predicted molar refractivity (Wildman–Crippen MR) is 95.8 cm³/mol. The van der Waals surface area contributed by atoms with Gasteiger partial charge >= 0.3 is 0 Å². The zero-order chi connectivity index (χ0) is 15.4. The Morgan fingerprint density at radius 3 is 2.48 bits per heavy atom. The van der Waals surface area contributed by atoms with Gasteiger partial charge in [-0.2, -0.15) is 0 Å².